The largest absolute Gasteiger partial charge is 0.457 e. The number of nitrogens with one attached hydrogen (secondary N) is 2. The van der Waals surface area contributed by atoms with Crippen LogP contribution in [0.3, 0.4) is 0 Å². The Labute approximate surface area is 190 Å². The van der Waals surface area contributed by atoms with Gasteiger partial charge in [-0.1, -0.05) is 12.1 Å². The number of likely N-dealkylation sites (tertiary alicyclic amines) is 1. The Morgan fingerprint density at radius 1 is 1.03 bits per heavy atom. The number of aryl methyl sites for hydroxylation is 1. The van der Waals surface area contributed by atoms with Crippen molar-refractivity contribution in [2.45, 2.75) is 52.2 Å². The van der Waals surface area contributed by atoms with Crippen molar-refractivity contribution in [1.29, 1.82) is 0 Å². The molecule has 1 aliphatic heterocycles. The van der Waals surface area contributed by atoms with Crippen LogP contribution in [0.4, 0.5) is 10.5 Å². The van der Waals surface area contributed by atoms with Gasteiger partial charge in [0, 0.05) is 24.8 Å². The average Bonchev–Trinajstić information content (AvgIpc) is 2.69. The van der Waals surface area contributed by atoms with E-state index in [2.05, 4.69) is 15.5 Å². The molecule has 0 radical (unpaired) electrons. The lowest BCUT2D eigenvalue weighted by molar-refractivity contribution is -0.117. The van der Waals surface area contributed by atoms with Crippen LogP contribution in [0.25, 0.3) is 0 Å². The van der Waals surface area contributed by atoms with Gasteiger partial charge in [0.25, 0.3) is 0 Å². The van der Waals surface area contributed by atoms with E-state index in [9.17, 15) is 9.59 Å². The predicted molar refractivity (Wildman–Crippen MR) is 125 cm³/mol. The van der Waals surface area contributed by atoms with Gasteiger partial charge in [0.05, 0.1) is 6.54 Å². The topological polar surface area (TPSA) is 79.9 Å². The van der Waals surface area contributed by atoms with E-state index in [1.54, 1.807) is 0 Å². The lowest BCUT2D eigenvalue weighted by Gasteiger charge is -2.32. The molecule has 2 aromatic rings. The highest BCUT2D eigenvalue weighted by Gasteiger charge is 2.24. The first-order chi connectivity index (χ1) is 15.2. The lowest BCUT2D eigenvalue weighted by Crippen LogP contribution is -2.47. The first-order valence-electron chi connectivity index (χ1n) is 11.0. The van der Waals surface area contributed by atoms with Gasteiger partial charge in [-0.2, -0.15) is 0 Å². The fourth-order valence-corrected chi connectivity index (χ4v) is 3.53. The van der Waals surface area contributed by atoms with E-state index >= 15 is 0 Å². The summed E-state index contributed by atoms with van der Waals surface area (Å²) in [5, 5.41) is 5.85. The number of amides is 2. The Kier molecular flexibility index (Phi) is 7.75. The van der Waals surface area contributed by atoms with E-state index in [1.165, 1.54) is 0 Å². The number of hydrogen-bond acceptors (Lipinski definition) is 5. The average molecular weight is 440 g/mol. The molecule has 1 heterocycles. The predicted octanol–water partition coefficient (Wildman–Crippen LogP) is 4.71. The second kappa shape index (κ2) is 10.5. The molecule has 0 unspecified atom stereocenters. The molecule has 2 N–H and O–H groups in total. The van der Waals surface area contributed by atoms with Crippen LogP contribution in [-0.4, -0.2) is 48.2 Å². The van der Waals surface area contributed by atoms with Crippen molar-refractivity contribution in [2.24, 2.45) is 0 Å². The standard InChI is InChI=1S/C25H33N3O4/c1-18-6-5-7-22(16-18)31-21-10-8-19(9-11-21)26-23(29)17-28-14-12-20(13-15-28)27-24(30)32-25(2,3)4/h5-11,16,20H,12-15,17H2,1-4H3,(H,26,29)(H,27,30). The zero-order chi connectivity index (χ0) is 23.1. The Hall–Kier alpha value is -3.06. The van der Waals surface area contributed by atoms with Gasteiger partial charge < -0.3 is 20.1 Å². The zero-order valence-electron chi connectivity index (χ0n) is 19.3. The van der Waals surface area contributed by atoms with E-state index in [4.69, 9.17) is 9.47 Å². The van der Waals surface area contributed by atoms with Crippen LogP contribution in [-0.2, 0) is 9.53 Å². The summed E-state index contributed by atoms with van der Waals surface area (Å²) < 4.78 is 11.2. The summed E-state index contributed by atoms with van der Waals surface area (Å²) in [4.78, 5) is 26.4. The molecule has 32 heavy (non-hydrogen) atoms. The zero-order valence-corrected chi connectivity index (χ0v) is 19.3. The highest BCUT2D eigenvalue weighted by atomic mass is 16.6. The summed E-state index contributed by atoms with van der Waals surface area (Å²) in [6.45, 7) is 9.37. The molecular formula is C25H33N3O4. The summed E-state index contributed by atoms with van der Waals surface area (Å²) in [7, 11) is 0. The van der Waals surface area contributed by atoms with Crippen LogP contribution in [0, 0.1) is 6.92 Å². The number of piperidine rings is 1. The van der Waals surface area contributed by atoms with Crippen LogP contribution >= 0.6 is 0 Å². The van der Waals surface area contributed by atoms with E-state index in [0.717, 1.165) is 42.9 Å². The molecule has 0 aliphatic carbocycles. The highest BCUT2D eigenvalue weighted by Crippen LogP contribution is 2.23. The van der Waals surface area contributed by atoms with Crippen LogP contribution in [0.5, 0.6) is 11.5 Å². The van der Waals surface area contributed by atoms with E-state index in [0.29, 0.717) is 12.3 Å². The van der Waals surface area contributed by atoms with E-state index in [-0.39, 0.29) is 18.0 Å². The molecule has 1 fully saturated rings. The van der Waals surface area contributed by atoms with Crippen molar-refractivity contribution in [3.05, 3.63) is 54.1 Å². The summed E-state index contributed by atoms with van der Waals surface area (Å²) >= 11 is 0. The monoisotopic (exact) mass is 439 g/mol. The first kappa shape index (κ1) is 23.6. The van der Waals surface area contributed by atoms with Crippen LogP contribution in [0.1, 0.15) is 39.2 Å². The summed E-state index contributed by atoms with van der Waals surface area (Å²) in [5.74, 6) is 1.44. The van der Waals surface area contributed by atoms with Crippen molar-refractivity contribution in [3.63, 3.8) is 0 Å². The Bertz CT molecular complexity index is 914. The number of ether oxygens (including phenoxy) is 2. The maximum atomic E-state index is 12.4. The maximum Gasteiger partial charge on any atom is 0.407 e. The lowest BCUT2D eigenvalue weighted by atomic mass is 10.1. The number of alkyl carbamates (subject to hydrolysis) is 1. The van der Waals surface area contributed by atoms with Gasteiger partial charge in [0.2, 0.25) is 5.91 Å². The molecule has 0 spiro atoms. The molecule has 3 rings (SSSR count). The van der Waals surface area contributed by atoms with E-state index < -0.39 is 5.60 Å². The minimum atomic E-state index is -0.506. The minimum Gasteiger partial charge on any atom is -0.457 e. The van der Waals surface area contributed by atoms with E-state index in [1.807, 2.05) is 76.2 Å². The van der Waals surface area contributed by atoms with Crippen molar-refractivity contribution >= 4 is 17.7 Å². The fourth-order valence-electron chi connectivity index (χ4n) is 3.53. The number of carbonyl (C=O) groups is 2. The van der Waals surface area contributed by atoms with Crippen LogP contribution < -0.4 is 15.4 Å². The van der Waals surface area contributed by atoms with Crippen LogP contribution in [0.2, 0.25) is 0 Å². The summed E-state index contributed by atoms with van der Waals surface area (Å²) in [6.07, 6.45) is 1.19. The Morgan fingerprint density at radius 3 is 2.34 bits per heavy atom. The third kappa shape index (κ3) is 7.89. The second-order valence-electron chi connectivity index (χ2n) is 9.19. The number of nitrogens with zero attached hydrogens (tertiary/aromatic N) is 1. The number of anilines is 1. The Balaban J connectivity index is 1.40. The molecule has 0 bridgehead atoms. The third-order valence-corrected chi connectivity index (χ3v) is 5.04. The van der Waals surface area contributed by atoms with Gasteiger partial charge in [-0.25, -0.2) is 4.79 Å². The smallest absolute Gasteiger partial charge is 0.407 e. The first-order valence-corrected chi connectivity index (χ1v) is 11.0. The van der Waals surface area contributed by atoms with Crippen molar-refractivity contribution in [1.82, 2.24) is 10.2 Å². The summed E-state index contributed by atoms with van der Waals surface area (Å²) in [6, 6.07) is 15.3. The van der Waals surface area contributed by atoms with Crippen molar-refractivity contribution in [3.8, 4) is 11.5 Å². The molecular weight excluding hydrogens is 406 g/mol. The number of carbonyl (C=O) groups excluding carboxylic acids is 2. The molecule has 1 aliphatic rings. The molecule has 7 heteroatoms. The highest BCUT2D eigenvalue weighted by molar-refractivity contribution is 5.92. The molecule has 0 saturated carbocycles. The normalized spacial score (nSPS) is 15.1. The number of hydrogen-bond donors (Lipinski definition) is 2. The molecule has 0 atom stereocenters. The SMILES string of the molecule is Cc1cccc(Oc2ccc(NC(=O)CN3CCC(NC(=O)OC(C)(C)C)CC3)cc2)c1. The summed E-state index contributed by atoms with van der Waals surface area (Å²) in [5.41, 5.74) is 1.36. The van der Waals surface area contributed by atoms with Crippen molar-refractivity contribution < 1.29 is 19.1 Å². The quantitative estimate of drug-likeness (QED) is 0.681. The van der Waals surface area contributed by atoms with Crippen molar-refractivity contribution in [2.75, 3.05) is 25.0 Å². The van der Waals surface area contributed by atoms with Gasteiger partial charge in [0.1, 0.15) is 17.1 Å². The molecule has 1 saturated heterocycles. The minimum absolute atomic E-state index is 0.0593. The molecule has 2 amide bonds. The van der Waals surface area contributed by atoms with Gasteiger partial charge >= 0.3 is 6.09 Å². The molecule has 7 nitrogen and oxygen atoms in total. The van der Waals surface area contributed by atoms with Gasteiger partial charge in [0.15, 0.2) is 0 Å². The third-order valence-electron chi connectivity index (χ3n) is 5.04. The molecule has 0 aromatic heterocycles. The fraction of sp³-hybridized carbons (Fsp3) is 0.440. The molecule has 172 valence electrons. The van der Waals surface area contributed by atoms with Crippen LogP contribution in [0.15, 0.2) is 48.5 Å². The second-order valence-corrected chi connectivity index (χ2v) is 9.19. The number of benzene rings is 2. The van der Waals surface area contributed by atoms with Gasteiger partial charge in [-0.3, -0.25) is 9.69 Å². The molecule has 2 aromatic carbocycles. The Morgan fingerprint density at radius 2 is 1.72 bits per heavy atom. The number of rotatable bonds is 6. The van der Waals surface area contributed by atoms with Gasteiger partial charge in [-0.05, 0) is 82.5 Å². The maximum absolute atomic E-state index is 12.4. The van der Waals surface area contributed by atoms with Gasteiger partial charge in [-0.15, -0.1) is 0 Å².